The van der Waals surface area contributed by atoms with Crippen molar-refractivity contribution < 1.29 is 19.1 Å². The molecular formula is C20H17N5O4. The summed E-state index contributed by atoms with van der Waals surface area (Å²) in [6.45, 7) is 0. The number of nitrogens with one attached hydrogen (secondary N) is 2. The third-order valence-corrected chi connectivity index (χ3v) is 4.34. The highest BCUT2D eigenvalue weighted by Crippen LogP contribution is 2.24. The highest BCUT2D eigenvalue weighted by atomic mass is 16.5. The first-order valence-corrected chi connectivity index (χ1v) is 8.67. The Hall–Kier alpha value is -4.14. The van der Waals surface area contributed by atoms with Crippen LogP contribution in [-0.4, -0.2) is 46.1 Å². The average molecular weight is 391 g/mol. The van der Waals surface area contributed by atoms with Crippen molar-refractivity contribution in [3.05, 3.63) is 66.1 Å². The normalized spacial score (nSPS) is 10.7. The zero-order valence-electron chi connectivity index (χ0n) is 15.7. The van der Waals surface area contributed by atoms with Crippen molar-refractivity contribution in [2.45, 2.75) is 0 Å². The van der Waals surface area contributed by atoms with Gasteiger partial charge in [-0.3, -0.25) is 9.89 Å². The largest absolute Gasteiger partial charge is 0.493 e. The maximum absolute atomic E-state index is 12.8. The van der Waals surface area contributed by atoms with Crippen molar-refractivity contribution in [3.63, 3.8) is 0 Å². The third kappa shape index (κ3) is 3.41. The zero-order chi connectivity index (χ0) is 20.4. The second-order valence-electron chi connectivity index (χ2n) is 6.10. The van der Waals surface area contributed by atoms with Gasteiger partial charge in [0.1, 0.15) is 0 Å². The number of hydrogen-bond donors (Lipinski definition) is 2. The molecule has 2 aromatic carbocycles. The standard InChI is InChI=1S/C20H17N5O4/c1-28-16-11-25(13-6-4-3-5-7-13)24-18(16)19(26)21-12-8-9-15-14(10-12)17(23-22-15)20(27)29-2/h3-11H,1-2H3,(H,21,26)(H,22,23). The number of esters is 1. The molecule has 2 aromatic heterocycles. The summed E-state index contributed by atoms with van der Waals surface area (Å²) < 4.78 is 11.6. The van der Waals surface area contributed by atoms with Gasteiger partial charge < -0.3 is 14.8 Å². The van der Waals surface area contributed by atoms with Crippen LogP contribution in [0.25, 0.3) is 16.6 Å². The molecule has 0 saturated heterocycles. The number of ether oxygens (including phenoxy) is 2. The van der Waals surface area contributed by atoms with E-state index in [4.69, 9.17) is 9.47 Å². The summed E-state index contributed by atoms with van der Waals surface area (Å²) in [6, 6.07) is 14.4. The van der Waals surface area contributed by atoms with E-state index in [0.717, 1.165) is 5.69 Å². The molecule has 4 aromatic rings. The number of nitrogens with zero attached hydrogens (tertiary/aromatic N) is 3. The number of aromatic amines is 1. The number of carbonyl (C=O) groups excluding carboxylic acids is 2. The fourth-order valence-corrected chi connectivity index (χ4v) is 2.91. The molecular weight excluding hydrogens is 374 g/mol. The Morgan fingerprint density at radius 1 is 1.07 bits per heavy atom. The Morgan fingerprint density at radius 3 is 2.59 bits per heavy atom. The van der Waals surface area contributed by atoms with Gasteiger partial charge in [0.05, 0.1) is 31.6 Å². The van der Waals surface area contributed by atoms with E-state index >= 15 is 0 Å². The number of para-hydroxylation sites is 1. The van der Waals surface area contributed by atoms with E-state index in [1.165, 1.54) is 14.2 Å². The van der Waals surface area contributed by atoms with Gasteiger partial charge in [0.2, 0.25) is 0 Å². The Bertz CT molecular complexity index is 1200. The number of amides is 1. The zero-order valence-corrected chi connectivity index (χ0v) is 15.7. The second-order valence-corrected chi connectivity index (χ2v) is 6.10. The lowest BCUT2D eigenvalue weighted by atomic mass is 10.2. The van der Waals surface area contributed by atoms with Crippen LogP contribution in [0.3, 0.4) is 0 Å². The molecule has 1 amide bonds. The summed E-state index contributed by atoms with van der Waals surface area (Å²) in [6.07, 6.45) is 1.64. The van der Waals surface area contributed by atoms with Crippen molar-refractivity contribution in [2.75, 3.05) is 19.5 Å². The molecule has 0 atom stereocenters. The highest BCUT2D eigenvalue weighted by Gasteiger charge is 2.20. The number of carbonyl (C=O) groups is 2. The maximum atomic E-state index is 12.8. The minimum absolute atomic E-state index is 0.136. The molecule has 2 heterocycles. The number of methoxy groups -OCH3 is 2. The summed E-state index contributed by atoms with van der Waals surface area (Å²) >= 11 is 0. The minimum atomic E-state index is -0.567. The first-order chi connectivity index (χ1) is 14.1. The second kappa shape index (κ2) is 7.47. The quantitative estimate of drug-likeness (QED) is 0.506. The molecule has 2 N–H and O–H groups in total. The molecule has 0 radical (unpaired) electrons. The minimum Gasteiger partial charge on any atom is -0.493 e. The molecule has 4 rings (SSSR count). The molecule has 146 valence electrons. The van der Waals surface area contributed by atoms with Gasteiger partial charge in [-0.05, 0) is 30.3 Å². The van der Waals surface area contributed by atoms with E-state index in [1.54, 1.807) is 29.1 Å². The molecule has 0 bridgehead atoms. The van der Waals surface area contributed by atoms with Crippen molar-refractivity contribution in [2.24, 2.45) is 0 Å². The van der Waals surface area contributed by atoms with Crippen molar-refractivity contribution >= 4 is 28.5 Å². The number of aromatic nitrogens is 4. The Balaban J connectivity index is 1.64. The van der Waals surface area contributed by atoms with E-state index < -0.39 is 11.9 Å². The number of rotatable bonds is 5. The SMILES string of the molecule is COC(=O)c1n[nH]c2ccc(NC(=O)c3nn(-c4ccccc4)cc3OC)cc12. The highest BCUT2D eigenvalue weighted by molar-refractivity contribution is 6.07. The van der Waals surface area contributed by atoms with Crippen LogP contribution in [0.5, 0.6) is 5.75 Å². The van der Waals surface area contributed by atoms with Crippen LogP contribution in [0.2, 0.25) is 0 Å². The lowest BCUT2D eigenvalue weighted by Crippen LogP contribution is -2.14. The van der Waals surface area contributed by atoms with Gasteiger partial charge >= 0.3 is 5.97 Å². The van der Waals surface area contributed by atoms with Gasteiger partial charge in [-0.25, -0.2) is 9.48 Å². The summed E-state index contributed by atoms with van der Waals surface area (Å²) in [5, 5.41) is 14.4. The number of H-pyrrole nitrogens is 1. The molecule has 0 fully saturated rings. The summed E-state index contributed by atoms with van der Waals surface area (Å²) in [4.78, 5) is 24.6. The van der Waals surface area contributed by atoms with E-state index in [9.17, 15) is 9.59 Å². The molecule has 29 heavy (non-hydrogen) atoms. The van der Waals surface area contributed by atoms with Crippen LogP contribution >= 0.6 is 0 Å². The van der Waals surface area contributed by atoms with Crippen LogP contribution in [0.15, 0.2) is 54.7 Å². The first kappa shape index (κ1) is 18.2. The Labute approximate surface area is 165 Å². The van der Waals surface area contributed by atoms with Crippen molar-refractivity contribution in [1.29, 1.82) is 0 Å². The molecule has 9 nitrogen and oxygen atoms in total. The van der Waals surface area contributed by atoms with Crippen molar-refractivity contribution in [1.82, 2.24) is 20.0 Å². The lowest BCUT2D eigenvalue weighted by Gasteiger charge is -2.05. The molecule has 0 aliphatic rings. The van der Waals surface area contributed by atoms with Gasteiger partial charge in [-0.2, -0.15) is 10.2 Å². The van der Waals surface area contributed by atoms with Crippen LogP contribution in [0, 0.1) is 0 Å². The smallest absolute Gasteiger partial charge is 0.359 e. The van der Waals surface area contributed by atoms with Crippen LogP contribution < -0.4 is 10.1 Å². The number of fused-ring (bicyclic) bond motifs is 1. The van der Waals surface area contributed by atoms with E-state index in [-0.39, 0.29) is 11.4 Å². The van der Waals surface area contributed by atoms with Gasteiger partial charge in [0.25, 0.3) is 5.91 Å². The van der Waals surface area contributed by atoms with E-state index in [2.05, 4.69) is 20.6 Å². The summed E-state index contributed by atoms with van der Waals surface area (Å²) in [5.74, 6) is -0.673. The average Bonchev–Trinajstić information content (AvgIpc) is 3.38. The van der Waals surface area contributed by atoms with Crippen molar-refractivity contribution in [3.8, 4) is 11.4 Å². The predicted octanol–water partition coefficient (Wildman–Crippen LogP) is 2.80. The van der Waals surface area contributed by atoms with Crippen LogP contribution in [0.1, 0.15) is 21.0 Å². The Kier molecular flexibility index (Phi) is 4.70. The number of anilines is 1. The summed E-state index contributed by atoms with van der Waals surface area (Å²) in [5.41, 5.74) is 2.20. The number of hydrogen-bond acceptors (Lipinski definition) is 6. The van der Waals surface area contributed by atoms with Crippen LogP contribution in [0.4, 0.5) is 5.69 Å². The fraction of sp³-hybridized carbons (Fsp3) is 0.100. The Morgan fingerprint density at radius 2 is 1.86 bits per heavy atom. The molecule has 0 unspecified atom stereocenters. The maximum Gasteiger partial charge on any atom is 0.359 e. The topological polar surface area (TPSA) is 111 Å². The van der Waals surface area contributed by atoms with Gasteiger partial charge in [-0.1, -0.05) is 18.2 Å². The predicted molar refractivity (Wildman–Crippen MR) is 106 cm³/mol. The molecule has 0 spiro atoms. The fourth-order valence-electron chi connectivity index (χ4n) is 2.91. The van der Waals surface area contributed by atoms with Crippen LogP contribution in [-0.2, 0) is 4.74 Å². The van der Waals surface area contributed by atoms with E-state index in [0.29, 0.717) is 22.3 Å². The molecule has 0 aliphatic carbocycles. The summed E-state index contributed by atoms with van der Waals surface area (Å²) in [7, 11) is 2.76. The van der Waals surface area contributed by atoms with Gasteiger partial charge in [0, 0.05) is 11.1 Å². The first-order valence-electron chi connectivity index (χ1n) is 8.67. The van der Waals surface area contributed by atoms with E-state index in [1.807, 2.05) is 30.3 Å². The number of benzene rings is 2. The lowest BCUT2D eigenvalue weighted by molar-refractivity contribution is 0.0596. The molecule has 9 heteroatoms. The molecule has 0 saturated carbocycles. The molecule has 0 aliphatic heterocycles. The van der Waals surface area contributed by atoms with Gasteiger partial charge in [-0.15, -0.1) is 0 Å². The monoisotopic (exact) mass is 391 g/mol. The third-order valence-electron chi connectivity index (χ3n) is 4.34. The van der Waals surface area contributed by atoms with Gasteiger partial charge in [0.15, 0.2) is 17.1 Å².